The van der Waals surface area contributed by atoms with Gasteiger partial charge >= 0.3 is 0 Å². The number of ether oxygens (including phenoxy) is 6. The fourth-order valence-electron chi connectivity index (χ4n) is 3.76. The van der Waals surface area contributed by atoms with Crippen molar-refractivity contribution in [2.45, 2.75) is 57.1 Å². The lowest BCUT2D eigenvalue weighted by Gasteiger charge is -2.48. The highest BCUT2D eigenvalue weighted by molar-refractivity contribution is 5.14. The van der Waals surface area contributed by atoms with Gasteiger partial charge in [-0.25, -0.2) is 0 Å². The summed E-state index contributed by atoms with van der Waals surface area (Å²) in [6, 6.07) is 20.1. The van der Waals surface area contributed by atoms with Crippen molar-refractivity contribution in [2.75, 3.05) is 13.7 Å². The zero-order valence-electron chi connectivity index (χ0n) is 16.8. The van der Waals surface area contributed by atoms with Crippen molar-refractivity contribution in [1.29, 1.82) is 0 Å². The average molecular weight is 400 g/mol. The molecule has 1 unspecified atom stereocenters. The van der Waals surface area contributed by atoms with Crippen molar-refractivity contribution in [3.63, 3.8) is 0 Å². The number of benzene rings is 2. The van der Waals surface area contributed by atoms with Crippen LogP contribution in [0.4, 0.5) is 0 Å². The van der Waals surface area contributed by atoms with E-state index in [0.29, 0.717) is 19.8 Å². The van der Waals surface area contributed by atoms with Gasteiger partial charge in [0.2, 0.25) is 0 Å². The van der Waals surface area contributed by atoms with E-state index >= 15 is 0 Å². The average Bonchev–Trinajstić information content (AvgIpc) is 2.77. The molecule has 0 bridgehead atoms. The second kappa shape index (κ2) is 9.80. The van der Waals surface area contributed by atoms with E-state index in [2.05, 4.69) is 0 Å². The molecule has 2 aromatic carbocycles. The van der Waals surface area contributed by atoms with Crippen LogP contribution in [0.1, 0.15) is 18.1 Å². The van der Waals surface area contributed by atoms with Gasteiger partial charge in [-0.2, -0.15) is 0 Å². The molecule has 6 nitrogen and oxygen atoms in total. The number of hydrogen-bond acceptors (Lipinski definition) is 6. The summed E-state index contributed by atoms with van der Waals surface area (Å²) in [5, 5.41) is 0. The maximum Gasteiger partial charge on any atom is 0.186 e. The second-order valence-corrected chi connectivity index (χ2v) is 7.30. The monoisotopic (exact) mass is 400 g/mol. The largest absolute Gasteiger partial charge is 0.368 e. The first-order valence-corrected chi connectivity index (χ1v) is 10.0. The van der Waals surface area contributed by atoms with Crippen LogP contribution in [-0.4, -0.2) is 50.7 Å². The summed E-state index contributed by atoms with van der Waals surface area (Å²) in [5.41, 5.74) is 2.17. The summed E-state index contributed by atoms with van der Waals surface area (Å²) in [6.45, 7) is 3.20. The summed E-state index contributed by atoms with van der Waals surface area (Å²) in [4.78, 5) is 0. The van der Waals surface area contributed by atoms with Crippen LogP contribution >= 0.6 is 0 Å². The molecule has 0 aromatic heterocycles. The summed E-state index contributed by atoms with van der Waals surface area (Å²) >= 11 is 0. The van der Waals surface area contributed by atoms with Crippen LogP contribution in [0.15, 0.2) is 60.7 Å². The Morgan fingerprint density at radius 3 is 2.00 bits per heavy atom. The van der Waals surface area contributed by atoms with E-state index in [0.717, 1.165) is 11.1 Å². The maximum atomic E-state index is 6.35. The highest BCUT2D eigenvalue weighted by atomic mass is 16.8. The van der Waals surface area contributed by atoms with Crippen molar-refractivity contribution >= 4 is 0 Å². The molecule has 156 valence electrons. The molecular weight excluding hydrogens is 372 g/mol. The van der Waals surface area contributed by atoms with Gasteiger partial charge < -0.3 is 28.4 Å². The molecule has 2 fully saturated rings. The van der Waals surface area contributed by atoms with Gasteiger partial charge in [-0.15, -0.1) is 0 Å². The summed E-state index contributed by atoms with van der Waals surface area (Å²) < 4.78 is 36.0. The van der Waals surface area contributed by atoms with E-state index in [-0.39, 0.29) is 24.6 Å². The molecule has 2 saturated heterocycles. The molecule has 0 aliphatic carbocycles. The Morgan fingerprint density at radius 2 is 1.41 bits per heavy atom. The molecule has 2 aliphatic heterocycles. The van der Waals surface area contributed by atoms with Crippen LogP contribution < -0.4 is 0 Å². The first-order chi connectivity index (χ1) is 14.2. The van der Waals surface area contributed by atoms with Gasteiger partial charge in [0.25, 0.3) is 0 Å². The van der Waals surface area contributed by atoms with Crippen LogP contribution in [0.2, 0.25) is 0 Å². The van der Waals surface area contributed by atoms with Crippen molar-refractivity contribution < 1.29 is 28.4 Å². The number of methoxy groups -OCH3 is 1. The molecule has 6 heteroatoms. The van der Waals surface area contributed by atoms with E-state index < -0.39 is 12.4 Å². The summed E-state index contributed by atoms with van der Waals surface area (Å²) in [5.74, 6) is 0. The normalized spacial score (nSPS) is 31.9. The maximum absolute atomic E-state index is 6.35. The molecule has 29 heavy (non-hydrogen) atoms. The van der Waals surface area contributed by atoms with Gasteiger partial charge in [-0.05, 0) is 18.1 Å². The first-order valence-electron chi connectivity index (χ1n) is 10.0. The van der Waals surface area contributed by atoms with Gasteiger partial charge in [0.1, 0.15) is 24.4 Å². The minimum absolute atomic E-state index is 0.270. The molecule has 2 heterocycles. The molecule has 0 amide bonds. The molecule has 4 rings (SSSR count). The van der Waals surface area contributed by atoms with Crippen LogP contribution in [0, 0.1) is 0 Å². The predicted octanol–water partition coefficient (Wildman–Crippen LogP) is 3.29. The lowest BCUT2D eigenvalue weighted by Crippen LogP contribution is -2.64. The quantitative estimate of drug-likeness (QED) is 0.711. The van der Waals surface area contributed by atoms with Crippen LogP contribution in [0.5, 0.6) is 0 Å². The van der Waals surface area contributed by atoms with Crippen LogP contribution in [-0.2, 0) is 41.6 Å². The molecule has 0 saturated carbocycles. The highest BCUT2D eigenvalue weighted by Crippen LogP contribution is 2.33. The van der Waals surface area contributed by atoms with Gasteiger partial charge in [0.15, 0.2) is 12.6 Å². The van der Waals surface area contributed by atoms with Gasteiger partial charge in [-0.1, -0.05) is 60.7 Å². The van der Waals surface area contributed by atoms with Crippen molar-refractivity contribution in [3.05, 3.63) is 71.8 Å². The first kappa shape index (κ1) is 20.5. The Morgan fingerprint density at radius 1 is 0.828 bits per heavy atom. The molecule has 2 aromatic rings. The minimum atomic E-state index is -0.568. The Balaban J connectivity index is 1.53. The van der Waals surface area contributed by atoms with Crippen molar-refractivity contribution in [2.24, 2.45) is 0 Å². The smallest absolute Gasteiger partial charge is 0.186 e. The number of fused-ring (bicyclic) bond motifs is 1. The van der Waals surface area contributed by atoms with E-state index in [9.17, 15) is 0 Å². The Labute approximate surface area is 171 Å². The van der Waals surface area contributed by atoms with Gasteiger partial charge in [0, 0.05) is 7.11 Å². The molecule has 0 radical (unpaired) electrons. The van der Waals surface area contributed by atoms with Crippen molar-refractivity contribution in [3.8, 4) is 0 Å². The number of hydrogen-bond donors (Lipinski definition) is 0. The third kappa shape index (κ3) is 5.04. The Bertz CT molecular complexity index is 740. The van der Waals surface area contributed by atoms with Gasteiger partial charge in [-0.3, -0.25) is 0 Å². The molecule has 2 aliphatic rings. The lowest BCUT2D eigenvalue weighted by molar-refractivity contribution is -0.364. The third-order valence-electron chi connectivity index (χ3n) is 5.24. The van der Waals surface area contributed by atoms with E-state index in [4.69, 9.17) is 28.4 Å². The summed E-state index contributed by atoms with van der Waals surface area (Å²) in [7, 11) is 1.62. The zero-order chi connectivity index (χ0) is 20.1. The second-order valence-electron chi connectivity index (χ2n) is 7.30. The highest BCUT2D eigenvalue weighted by Gasteiger charge is 2.50. The lowest BCUT2D eigenvalue weighted by atomic mass is 9.97. The fourth-order valence-corrected chi connectivity index (χ4v) is 3.76. The van der Waals surface area contributed by atoms with Crippen molar-refractivity contribution in [1.82, 2.24) is 0 Å². The molecule has 6 atom stereocenters. The zero-order valence-corrected chi connectivity index (χ0v) is 16.8. The summed E-state index contributed by atoms with van der Waals surface area (Å²) in [6.07, 6.45) is -2.24. The minimum Gasteiger partial charge on any atom is -0.368 e. The SMILES string of the molecule is CO[C@H]1O[C@@H]2COC(C)O[C@H]2[C@H](OCc2ccccc2)[C@H]1OCc1ccccc1. The Kier molecular flexibility index (Phi) is 6.92. The molecular formula is C23H28O6. The number of rotatable bonds is 7. The Hall–Kier alpha value is -1.80. The van der Waals surface area contributed by atoms with Crippen LogP contribution in [0.25, 0.3) is 0 Å². The van der Waals surface area contributed by atoms with E-state index in [1.165, 1.54) is 0 Å². The topological polar surface area (TPSA) is 55.4 Å². The predicted molar refractivity (Wildman–Crippen MR) is 106 cm³/mol. The van der Waals surface area contributed by atoms with E-state index in [1.54, 1.807) is 7.11 Å². The standard InChI is InChI=1S/C23H28O6/c1-16-25-15-19-20(28-16)21(26-13-17-9-5-3-6-10-17)22(23(24-2)29-19)27-14-18-11-7-4-8-12-18/h3-12,16,19-23H,13-15H2,1-2H3/t16?,19-,20-,21+,22-,23+/m1/s1. The molecule has 0 N–H and O–H groups in total. The molecule has 0 spiro atoms. The van der Waals surface area contributed by atoms with Gasteiger partial charge in [0.05, 0.1) is 19.8 Å². The fraction of sp³-hybridized carbons (Fsp3) is 0.478. The van der Waals surface area contributed by atoms with Crippen LogP contribution in [0.3, 0.4) is 0 Å². The third-order valence-corrected chi connectivity index (χ3v) is 5.24. The van der Waals surface area contributed by atoms with E-state index in [1.807, 2.05) is 67.6 Å².